The average Bonchev–Trinajstić information content (AvgIpc) is 2.83. The third-order valence-corrected chi connectivity index (χ3v) is 8.56. The fraction of sp³-hybridized carbons (Fsp3) is 0.607. The lowest BCUT2D eigenvalue weighted by Gasteiger charge is -2.48. The maximum Gasteiger partial charge on any atom is 0.391 e. The Kier molecular flexibility index (Phi) is 7.16. The predicted octanol–water partition coefficient (Wildman–Crippen LogP) is 7.03. The molecule has 2 aromatic rings. The van der Waals surface area contributed by atoms with Gasteiger partial charge in [0.25, 0.3) is 0 Å². The first-order valence-corrected chi connectivity index (χ1v) is 13.1. The summed E-state index contributed by atoms with van der Waals surface area (Å²) >= 11 is 0. The van der Waals surface area contributed by atoms with Crippen LogP contribution in [0.25, 0.3) is 10.8 Å². The number of piperidine rings is 2. The van der Waals surface area contributed by atoms with E-state index in [0.29, 0.717) is 43.5 Å². The average molecular weight is 508 g/mol. The summed E-state index contributed by atoms with van der Waals surface area (Å²) < 4.78 is 59.4. The highest BCUT2D eigenvalue weighted by atomic mass is 19.4. The zero-order chi connectivity index (χ0) is 25.4. The van der Waals surface area contributed by atoms with Crippen LogP contribution in [0, 0.1) is 11.8 Å². The van der Waals surface area contributed by atoms with Crippen LogP contribution in [0.4, 0.5) is 17.6 Å². The van der Waals surface area contributed by atoms with E-state index < -0.39 is 24.7 Å². The number of hydrogen-bond acceptors (Lipinski definition) is 3. The molecule has 3 aliphatic rings. The Labute approximate surface area is 208 Å². The molecule has 2 unspecified atom stereocenters. The number of alkyl halides is 4. The lowest BCUT2D eigenvalue weighted by molar-refractivity contribution is -0.185. The van der Waals surface area contributed by atoms with E-state index in [1.165, 1.54) is 0 Å². The number of halogens is 4. The van der Waals surface area contributed by atoms with Gasteiger partial charge in [-0.3, -0.25) is 9.69 Å². The summed E-state index contributed by atoms with van der Waals surface area (Å²) in [4.78, 5) is 14.0. The van der Waals surface area contributed by atoms with Crippen LogP contribution in [0.3, 0.4) is 0 Å². The Morgan fingerprint density at radius 1 is 1.00 bits per heavy atom. The standard InChI is InChI=1S/C28H33F4NO3/c29-15-25-24-12-17(16-33-21-2-1-3-22(33)14-19(13-21)27(34)35)4-5-18(24)6-11-26(25)36-23-9-7-20(8-10-23)28(30,31)32/h4-6,11-12,19-23H,1-3,7-10,13-16H2,(H,34,35)/t19?,20-,21?,22?,23+. The zero-order valence-corrected chi connectivity index (χ0v) is 20.3. The molecule has 1 N–H and O–H groups in total. The summed E-state index contributed by atoms with van der Waals surface area (Å²) in [5.74, 6) is -1.85. The number of benzene rings is 2. The van der Waals surface area contributed by atoms with Crippen LogP contribution >= 0.6 is 0 Å². The van der Waals surface area contributed by atoms with E-state index in [4.69, 9.17) is 4.74 Å². The molecule has 4 nitrogen and oxygen atoms in total. The molecule has 0 radical (unpaired) electrons. The van der Waals surface area contributed by atoms with Gasteiger partial charge in [0.15, 0.2) is 0 Å². The number of carbonyl (C=O) groups is 1. The minimum atomic E-state index is -4.17. The third kappa shape index (κ3) is 5.20. The van der Waals surface area contributed by atoms with Crippen molar-refractivity contribution in [2.24, 2.45) is 11.8 Å². The molecular weight excluding hydrogens is 474 g/mol. The van der Waals surface area contributed by atoms with E-state index in [-0.39, 0.29) is 36.9 Å². The molecule has 0 spiro atoms. The van der Waals surface area contributed by atoms with E-state index in [2.05, 4.69) is 4.90 Å². The van der Waals surface area contributed by atoms with E-state index >= 15 is 0 Å². The highest BCUT2D eigenvalue weighted by Crippen LogP contribution is 2.41. The van der Waals surface area contributed by atoms with Crippen molar-refractivity contribution >= 4 is 16.7 Å². The van der Waals surface area contributed by atoms with Crippen LogP contribution in [0.5, 0.6) is 5.75 Å². The van der Waals surface area contributed by atoms with Gasteiger partial charge in [-0.15, -0.1) is 0 Å². The fourth-order valence-electron chi connectivity index (χ4n) is 6.59. The number of nitrogens with zero attached hydrogens (tertiary/aromatic N) is 1. The molecule has 36 heavy (non-hydrogen) atoms. The molecule has 1 saturated carbocycles. The maximum atomic E-state index is 14.3. The fourth-order valence-corrected chi connectivity index (χ4v) is 6.59. The van der Waals surface area contributed by atoms with Crippen LogP contribution in [0.2, 0.25) is 0 Å². The number of fused-ring (bicyclic) bond motifs is 3. The Morgan fingerprint density at radius 3 is 2.28 bits per heavy atom. The summed E-state index contributed by atoms with van der Waals surface area (Å²) in [6, 6.07) is 10.1. The van der Waals surface area contributed by atoms with Crippen molar-refractivity contribution in [2.45, 2.75) is 95.4 Å². The summed E-state index contributed by atoms with van der Waals surface area (Å²) in [6.07, 6.45) is 0.638. The second kappa shape index (κ2) is 10.2. The highest BCUT2D eigenvalue weighted by molar-refractivity contribution is 5.88. The number of ether oxygens (including phenoxy) is 1. The number of carboxylic acids is 1. The van der Waals surface area contributed by atoms with Gasteiger partial charge in [-0.25, -0.2) is 4.39 Å². The molecule has 2 heterocycles. The first-order valence-electron chi connectivity index (χ1n) is 13.1. The number of rotatable bonds is 6. The minimum Gasteiger partial charge on any atom is -0.490 e. The van der Waals surface area contributed by atoms with Crippen molar-refractivity contribution in [3.63, 3.8) is 0 Å². The number of aliphatic carboxylic acids is 1. The summed E-state index contributed by atoms with van der Waals surface area (Å²) in [6.45, 7) is -0.0286. The van der Waals surface area contributed by atoms with Crippen LogP contribution in [0.15, 0.2) is 30.3 Å². The number of carboxylic acid groups (broad SMARTS) is 1. The molecule has 0 aromatic heterocycles. The Balaban J connectivity index is 1.33. The molecule has 2 aliphatic heterocycles. The van der Waals surface area contributed by atoms with Crippen LogP contribution in [-0.2, 0) is 18.0 Å². The smallest absolute Gasteiger partial charge is 0.391 e. The largest absolute Gasteiger partial charge is 0.490 e. The lowest BCUT2D eigenvalue weighted by atomic mass is 9.78. The molecule has 2 aromatic carbocycles. The van der Waals surface area contributed by atoms with E-state index in [9.17, 15) is 27.5 Å². The van der Waals surface area contributed by atoms with Crippen molar-refractivity contribution in [3.8, 4) is 5.75 Å². The molecule has 2 atom stereocenters. The number of hydrogen-bond donors (Lipinski definition) is 1. The molecule has 5 rings (SSSR count). The maximum absolute atomic E-state index is 14.3. The summed E-state index contributed by atoms with van der Waals surface area (Å²) in [5.41, 5.74) is 1.49. The zero-order valence-electron chi connectivity index (χ0n) is 20.3. The third-order valence-electron chi connectivity index (χ3n) is 8.56. The quantitative estimate of drug-likeness (QED) is 0.427. The summed E-state index contributed by atoms with van der Waals surface area (Å²) in [7, 11) is 0. The van der Waals surface area contributed by atoms with Crippen molar-refractivity contribution in [1.29, 1.82) is 0 Å². The molecule has 3 fully saturated rings. The SMILES string of the molecule is O=C(O)C1CC2CCCC(C1)N2Cc1ccc2ccc(O[C@H]3CC[C@@H](C(F)(F)F)CC3)c(CF)c2c1. The van der Waals surface area contributed by atoms with Gasteiger partial charge in [-0.1, -0.05) is 24.6 Å². The predicted molar refractivity (Wildman–Crippen MR) is 129 cm³/mol. The molecule has 0 amide bonds. The molecular formula is C28H33F4NO3. The van der Waals surface area contributed by atoms with Crippen LogP contribution < -0.4 is 4.74 Å². The monoisotopic (exact) mass is 507 g/mol. The first-order chi connectivity index (χ1) is 17.2. The molecule has 2 saturated heterocycles. The van der Waals surface area contributed by atoms with E-state index in [1.54, 1.807) is 6.07 Å². The Bertz CT molecular complexity index is 1080. The highest BCUT2D eigenvalue weighted by Gasteiger charge is 2.42. The van der Waals surface area contributed by atoms with Gasteiger partial charge in [0.1, 0.15) is 12.4 Å². The first kappa shape index (κ1) is 25.3. The second-order valence-corrected chi connectivity index (χ2v) is 10.8. The van der Waals surface area contributed by atoms with Gasteiger partial charge < -0.3 is 9.84 Å². The van der Waals surface area contributed by atoms with E-state index in [0.717, 1.165) is 35.6 Å². The normalized spacial score (nSPS) is 29.3. The van der Waals surface area contributed by atoms with Crippen molar-refractivity contribution in [3.05, 3.63) is 41.5 Å². The minimum absolute atomic E-state index is 0.0394. The Hall–Kier alpha value is -2.35. The second-order valence-electron chi connectivity index (χ2n) is 10.8. The van der Waals surface area contributed by atoms with Gasteiger partial charge in [0.2, 0.25) is 0 Å². The van der Waals surface area contributed by atoms with Gasteiger partial charge in [-0.05, 0) is 79.8 Å². The van der Waals surface area contributed by atoms with Gasteiger partial charge in [-0.2, -0.15) is 13.2 Å². The van der Waals surface area contributed by atoms with Crippen molar-refractivity contribution in [2.75, 3.05) is 0 Å². The van der Waals surface area contributed by atoms with Gasteiger partial charge in [0.05, 0.1) is 17.9 Å². The van der Waals surface area contributed by atoms with Crippen LogP contribution in [-0.4, -0.2) is 40.3 Å². The molecule has 1 aliphatic carbocycles. The van der Waals surface area contributed by atoms with Crippen LogP contribution in [0.1, 0.15) is 68.9 Å². The van der Waals surface area contributed by atoms with E-state index in [1.807, 2.05) is 24.3 Å². The topological polar surface area (TPSA) is 49.8 Å². The summed E-state index contributed by atoms with van der Waals surface area (Å²) in [5, 5.41) is 11.2. The Morgan fingerprint density at radius 2 is 1.67 bits per heavy atom. The lowest BCUT2D eigenvalue weighted by Crippen LogP contribution is -2.52. The van der Waals surface area contributed by atoms with Gasteiger partial charge >= 0.3 is 12.1 Å². The van der Waals surface area contributed by atoms with Gasteiger partial charge in [0, 0.05) is 24.2 Å². The van der Waals surface area contributed by atoms with Crippen molar-refractivity contribution < 1.29 is 32.2 Å². The molecule has 196 valence electrons. The van der Waals surface area contributed by atoms with Crippen molar-refractivity contribution in [1.82, 2.24) is 4.90 Å². The molecule has 8 heteroatoms. The molecule has 2 bridgehead atoms.